The van der Waals surface area contributed by atoms with E-state index < -0.39 is 11.1 Å². The third-order valence-electron chi connectivity index (χ3n) is 0.817. The van der Waals surface area contributed by atoms with Gasteiger partial charge in [0.25, 0.3) is 0 Å². The predicted octanol–water partition coefficient (Wildman–Crippen LogP) is 0.281. The second-order valence-electron chi connectivity index (χ2n) is 1.42. The molecule has 1 rings (SSSR count). The van der Waals surface area contributed by atoms with Crippen molar-refractivity contribution >= 4 is 40.6 Å². The van der Waals surface area contributed by atoms with Crippen LogP contribution in [0.1, 0.15) is 0 Å². The van der Waals surface area contributed by atoms with Gasteiger partial charge in [0.2, 0.25) is 11.1 Å². The number of rotatable bonds is 1. The predicted molar refractivity (Wildman–Crippen MR) is 39.0 cm³/mol. The fraction of sp³-hybridized carbons (Fsp3) is 0. The van der Waals surface area contributed by atoms with Gasteiger partial charge in [0.05, 0.1) is 0 Å². The van der Waals surface area contributed by atoms with Crippen LogP contribution in [0.2, 0.25) is 0 Å². The van der Waals surface area contributed by atoms with E-state index in [2.05, 4.69) is 4.98 Å². The molecule has 1 unspecified atom stereocenters. The third kappa shape index (κ3) is 2.90. The molecule has 1 radical (unpaired) electrons. The van der Waals surface area contributed by atoms with E-state index in [1.807, 2.05) is 0 Å². The Kier molecular flexibility index (Phi) is 5.11. The molecule has 5 heteroatoms. The maximum atomic E-state index is 10.2. The van der Waals surface area contributed by atoms with Crippen LogP contribution >= 0.6 is 0 Å². The fourth-order valence-electron chi connectivity index (χ4n) is 0.450. The Morgan fingerprint density at radius 1 is 1.50 bits per heavy atom. The van der Waals surface area contributed by atoms with Gasteiger partial charge in [-0.15, -0.1) is 0 Å². The van der Waals surface area contributed by atoms with Gasteiger partial charge < -0.3 is 4.55 Å². The smallest absolute Gasteiger partial charge is 0.205 e. The molecule has 1 aromatic heterocycles. The van der Waals surface area contributed by atoms with E-state index in [0.29, 0.717) is 0 Å². The zero-order valence-electron chi connectivity index (χ0n) is 5.52. The van der Waals surface area contributed by atoms with Crippen LogP contribution in [0.25, 0.3) is 0 Å². The summed E-state index contributed by atoms with van der Waals surface area (Å²) in [6.07, 6.45) is 1.48. The van der Waals surface area contributed by atoms with Crippen molar-refractivity contribution in [3.63, 3.8) is 0 Å². The van der Waals surface area contributed by atoms with Crippen LogP contribution in [0.15, 0.2) is 29.4 Å². The summed E-state index contributed by atoms with van der Waals surface area (Å²) >= 11 is -1.94. The zero-order valence-corrected chi connectivity index (χ0v) is 8.34. The van der Waals surface area contributed by atoms with Crippen molar-refractivity contribution in [3.8, 4) is 0 Å². The fourth-order valence-corrected chi connectivity index (χ4v) is 0.796. The van der Waals surface area contributed by atoms with Crippen molar-refractivity contribution < 1.29 is 8.76 Å². The minimum absolute atomic E-state index is 0. The van der Waals surface area contributed by atoms with E-state index in [1.165, 1.54) is 12.3 Å². The Morgan fingerprint density at radius 3 is 2.50 bits per heavy atom. The van der Waals surface area contributed by atoms with Gasteiger partial charge in [-0.25, -0.2) is 9.19 Å². The van der Waals surface area contributed by atoms with E-state index >= 15 is 0 Å². The van der Waals surface area contributed by atoms with Gasteiger partial charge in [-0.05, 0) is 12.1 Å². The first-order chi connectivity index (χ1) is 4.30. The topological polar surface area (TPSA) is 50.2 Å². The molecule has 1 heterocycles. The van der Waals surface area contributed by atoms with E-state index in [0.717, 1.165) is 0 Å². The molecule has 0 aliphatic carbocycles. The normalized spacial score (nSPS) is 11.7. The molecule has 0 aliphatic rings. The van der Waals surface area contributed by atoms with E-state index in [1.54, 1.807) is 12.1 Å². The Labute approximate surface area is 83.4 Å². The number of pyridine rings is 1. The van der Waals surface area contributed by atoms with E-state index in [-0.39, 0.29) is 34.6 Å². The molecule has 1 aromatic rings. The van der Waals surface area contributed by atoms with Crippen LogP contribution in [-0.4, -0.2) is 43.3 Å². The molecule has 0 spiro atoms. The van der Waals surface area contributed by atoms with Gasteiger partial charge in [0, 0.05) is 35.8 Å². The summed E-state index contributed by atoms with van der Waals surface area (Å²) in [5.74, 6) is 0. The summed E-state index contributed by atoms with van der Waals surface area (Å²) < 4.78 is 18.7. The van der Waals surface area contributed by atoms with Gasteiger partial charge in [0.1, 0.15) is 0 Å². The largest absolute Gasteiger partial charge is 0.301 e. The van der Waals surface area contributed by atoms with Crippen LogP contribution in [0.4, 0.5) is 0 Å². The van der Waals surface area contributed by atoms with E-state index in [4.69, 9.17) is 4.55 Å². The van der Waals surface area contributed by atoms with Crippen molar-refractivity contribution in [1.29, 1.82) is 0 Å². The van der Waals surface area contributed by atoms with E-state index in [9.17, 15) is 4.21 Å². The summed E-state index contributed by atoms with van der Waals surface area (Å²) in [6, 6.07) is 4.85. The second kappa shape index (κ2) is 4.98. The number of nitrogens with zero attached hydrogens (tertiary/aromatic N) is 1. The average Bonchev–Trinajstić information content (AvgIpc) is 1.90. The molecule has 3 nitrogen and oxygen atoms in total. The Morgan fingerprint density at radius 2 is 2.20 bits per heavy atom. The van der Waals surface area contributed by atoms with Crippen molar-refractivity contribution in [1.82, 2.24) is 4.98 Å². The van der Waals surface area contributed by atoms with Gasteiger partial charge >= 0.3 is 0 Å². The average molecular weight is 166 g/mol. The Bertz CT molecular complexity index is 216. The molecule has 0 aliphatic heterocycles. The molecule has 0 aromatic carbocycles. The molecule has 49 valence electrons. The second-order valence-corrected chi connectivity index (χ2v) is 2.33. The van der Waals surface area contributed by atoms with Crippen LogP contribution in [0.5, 0.6) is 0 Å². The number of aromatic nitrogens is 1. The number of hydrogen-bond acceptors (Lipinski definition) is 2. The first-order valence-corrected chi connectivity index (χ1v) is 3.43. The van der Waals surface area contributed by atoms with Crippen molar-refractivity contribution in [2.75, 3.05) is 0 Å². The standard InChI is InChI=1S/C5H5NO2S.Na/c7-9(8)5-3-1-2-4-6-5;/h1-4H,(H,7,8);. The summed E-state index contributed by atoms with van der Waals surface area (Å²) in [6.45, 7) is 0. The molecule has 0 bridgehead atoms. The molecular formula is C5H5NNaO2S. The van der Waals surface area contributed by atoms with Crippen LogP contribution in [0, 0.1) is 0 Å². The molecule has 10 heavy (non-hydrogen) atoms. The summed E-state index contributed by atoms with van der Waals surface area (Å²) in [5, 5.41) is 0.192. The molecule has 0 fully saturated rings. The van der Waals surface area contributed by atoms with Gasteiger partial charge in [-0.3, -0.25) is 0 Å². The van der Waals surface area contributed by atoms with Crippen molar-refractivity contribution in [3.05, 3.63) is 24.4 Å². The van der Waals surface area contributed by atoms with Gasteiger partial charge in [-0.1, -0.05) is 6.07 Å². The molecule has 1 N–H and O–H groups in total. The van der Waals surface area contributed by atoms with Crippen LogP contribution in [0.3, 0.4) is 0 Å². The quantitative estimate of drug-likeness (QED) is 0.481. The Hall–Kier alpha value is 0.260. The molecule has 0 saturated carbocycles. The third-order valence-corrected chi connectivity index (χ3v) is 1.42. The number of hydrogen-bond donors (Lipinski definition) is 1. The zero-order chi connectivity index (χ0) is 6.69. The molecular weight excluding hydrogens is 161 g/mol. The Balaban J connectivity index is 0.000000810. The first-order valence-electron chi connectivity index (χ1n) is 2.32. The van der Waals surface area contributed by atoms with Crippen molar-refractivity contribution in [2.45, 2.75) is 5.03 Å². The SMILES string of the molecule is O=S(O)c1ccccn1.[Na]. The van der Waals surface area contributed by atoms with Crippen molar-refractivity contribution in [2.24, 2.45) is 0 Å². The van der Waals surface area contributed by atoms with Gasteiger partial charge in [0.15, 0.2) is 5.03 Å². The summed E-state index contributed by atoms with van der Waals surface area (Å²) in [7, 11) is 0. The summed E-state index contributed by atoms with van der Waals surface area (Å²) in [4.78, 5) is 3.63. The minimum atomic E-state index is -1.94. The maximum Gasteiger partial charge on any atom is 0.205 e. The maximum absolute atomic E-state index is 10.2. The van der Waals surface area contributed by atoms with Crippen LogP contribution in [-0.2, 0) is 11.1 Å². The monoisotopic (exact) mass is 166 g/mol. The minimum Gasteiger partial charge on any atom is -0.301 e. The van der Waals surface area contributed by atoms with Crippen LogP contribution < -0.4 is 0 Å². The molecule has 0 amide bonds. The molecule has 1 atom stereocenters. The van der Waals surface area contributed by atoms with Gasteiger partial charge in [-0.2, -0.15) is 0 Å². The summed E-state index contributed by atoms with van der Waals surface area (Å²) in [5.41, 5.74) is 0. The first kappa shape index (κ1) is 10.3. The molecule has 0 saturated heterocycles.